The van der Waals surface area contributed by atoms with E-state index in [1.165, 1.54) is 0 Å². The van der Waals surface area contributed by atoms with Gasteiger partial charge in [-0.3, -0.25) is 4.79 Å². The van der Waals surface area contributed by atoms with Gasteiger partial charge in [-0.25, -0.2) is 9.59 Å². The van der Waals surface area contributed by atoms with Crippen LogP contribution in [-0.4, -0.2) is 61.9 Å². The second kappa shape index (κ2) is 10.7. The molecule has 0 rings (SSSR count). The molecule has 0 fully saturated rings. The van der Waals surface area contributed by atoms with E-state index in [4.69, 9.17) is 9.47 Å². The summed E-state index contributed by atoms with van der Waals surface area (Å²) in [6.07, 6.45) is -2.15. The maximum absolute atomic E-state index is 11.5. The third kappa shape index (κ3) is 11.2. The quantitative estimate of drug-likeness (QED) is 0.472. The first kappa shape index (κ1) is 21.0. The Kier molecular flexibility index (Phi) is 9.71. The van der Waals surface area contributed by atoms with Crippen LogP contribution in [0.5, 0.6) is 0 Å². The highest BCUT2D eigenvalue weighted by Crippen LogP contribution is 2.07. The molecule has 0 saturated heterocycles. The molecule has 1 unspecified atom stereocenters. The van der Waals surface area contributed by atoms with E-state index in [0.29, 0.717) is 0 Å². The lowest BCUT2D eigenvalue weighted by atomic mass is 10.0. The largest absolute Gasteiger partial charge is 0.507 e. The number of aliphatic hydroxyl groups excluding tert-OH is 1. The van der Waals surface area contributed by atoms with Crippen molar-refractivity contribution in [2.24, 2.45) is 0 Å². The first-order valence-corrected chi connectivity index (χ1v) is 7.19. The number of hydrogen-bond acceptors (Lipinski definition) is 8. The molecule has 9 heteroatoms. The predicted octanol–water partition coefficient (Wildman–Crippen LogP) is 0.978. The molecule has 0 heterocycles. The van der Waals surface area contributed by atoms with Gasteiger partial charge in [0.15, 0.2) is 0 Å². The van der Waals surface area contributed by atoms with Gasteiger partial charge in [-0.1, -0.05) is 6.92 Å². The Morgan fingerprint density at radius 3 is 2.30 bits per heavy atom. The van der Waals surface area contributed by atoms with Crippen molar-refractivity contribution in [3.05, 3.63) is 0 Å². The topological polar surface area (TPSA) is 120 Å². The van der Waals surface area contributed by atoms with Crippen LogP contribution in [0.15, 0.2) is 0 Å². The minimum atomic E-state index is -1.14. The van der Waals surface area contributed by atoms with Gasteiger partial charge in [-0.2, -0.15) is 0 Å². The molecule has 0 aromatic rings. The number of aliphatic hydroxyl groups is 1. The number of hydrogen-bond donors (Lipinski definition) is 2. The molecule has 0 aliphatic heterocycles. The van der Waals surface area contributed by atoms with Crippen molar-refractivity contribution >= 4 is 18.2 Å². The average Bonchev–Trinajstić information content (AvgIpc) is 2.50. The van der Waals surface area contributed by atoms with E-state index in [0.717, 1.165) is 13.5 Å². The van der Waals surface area contributed by atoms with Crippen molar-refractivity contribution in [1.82, 2.24) is 5.32 Å². The van der Waals surface area contributed by atoms with Gasteiger partial charge in [0.1, 0.15) is 25.9 Å². The molecule has 23 heavy (non-hydrogen) atoms. The average molecular weight is 335 g/mol. The van der Waals surface area contributed by atoms with Crippen molar-refractivity contribution < 1.29 is 38.4 Å². The first-order valence-electron chi connectivity index (χ1n) is 7.19. The lowest BCUT2D eigenvalue weighted by Crippen LogP contribution is -2.44. The molecular formula is C14H25NO8. The molecule has 1 amide bonds. The standard InChI is InChI=1S/C14H25NO8/c1-5-14(2,3)15-12(18)23-9-10(16)8-22-11(17)6-7-21-13(19)20-4/h10,16H,5-9H2,1-4H3,(H,15,18). The summed E-state index contributed by atoms with van der Waals surface area (Å²) in [5.41, 5.74) is -0.409. The number of ether oxygens (including phenoxy) is 4. The monoisotopic (exact) mass is 335 g/mol. The van der Waals surface area contributed by atoms with Crippen LogP contribution in [0.3, 0.4) is 0 Å². The van der Waals surface area contributed by atoms with Crippen LogP contribution < -0.4 is 5.32 Å². The summed E-state index contributed by atoms with van der Waals surface area (Å²) in [5.74, 6) is -0.662. The molecule has 0 saturated carbocycles. The minimum Gasteiger partial charge on any atom is -0.463 e. The van der Waals surface area contributed by atoms with Gasteiger partial charge >= 0.3 is 18.2 Å². The summed E-state index contributed by atoms with van der Waals surface area (Å²) in [4.78, 5) is 33.4. The summed E-state index contributed by atoms with van der Waals surface area (Å²) in [7, 11) is 1.15. The minimum absolute atomic E-state index is 0.173. The number of carbonyl (C=O) groups excluding carboxylic acids is 3. The Labute approximate surface area is 135 Å². The summed E-state index contributed by atoms with van der Waals surface area (Å²) in [5, 5.41) is 12.2. The van der Waals surface area contributed by atoms with Gasteiger partial charge < -0.3 is 29.4 Å². The second-order valence-electron chi connectivity index (χ2n) is 5.35. The molecule has 9 nitrogen and oxygen atoms in total. The molecule has 0 aromatic heterocycles. The highest BCUT2D eigenvalue weighted by atomic mass is 16.7. The van der Waals surface area contributed by atoms with E-state index < -0.39 is 29.9 Å². The third-order valence-electron chi connectivity index (χ3n) is 2.86. The van der Waals surface area contributed by atoms with Gasteiger partial charge in [-0.05, 0) is 20.3 Å². The van der Waals surface area contributed by atoms with E-state index in [2.05, 4.69) is 14.8 Å². The predicted molar refractivity (Wildman–Crippen MR) is 78.8 cm³/mol. The van der Waals surface area contributed by atoms with Gasteiger partial charge in [0.25, 0.3) is 0 Å². The second-order valence-corrected chi connectivity index (χ2v) is 5.35. The van der Waals surface area contributed by atoms with Gasteiger partial charge in [0.2, 0.25) is 0 Å². The normalized spacial score (nSPS) is 12.0. The molecular weight excluding hydrogens is 310 g/mol. The summed E-state index contributed by atoms with van der Waals surface area (Å²) >= 11 is 0. The molecule has 0 aliphatic rings. The van der Waals surface area contributed by atoms with Crippen LogP contribution in [0.25, 0.3) is 0 Å². The molecule has 134 valence electrons. The van der Waals surface area contributed by atoms with Gasteiger partial charge in [0, 0.05) is 5.54 Å². The number of carbonyl (C=O) groups is 3. The zero-order valence-corrected chi connectivity index (χ0v) is 13.9. The van der Waals surface area contributed by atoms with Crippen LogP contribution in [0, 0.1) is 0 Å². The number of nitrogens with one attached hydrogen (secondary N) is 1. The van der Waals surface area contributed by atoms with Gasteiger partial charge in [0.05, 0.1) is 13.5 Å². The summed E-state index contributed by atoms with van der Waals surface area (Å²) in [6.45, 7) is 4.76. The number of methoxy groups -OCH3 is 1. The SMILES string of the molecule is CCC(C)(C)NC(=O)OCC(O)COC(=O)CCOC(=O)OC. The number of esters is 1. The van der Waals surface area contributed by atoms with Crippen molar-refractivity contribution in [2.45, 2.75) is 45.3 Å². The van der Waals surface area contributed by atoms with Crippen molar-refractivity contribution in [3.8, 4) is 0 Å². The molecule has 0 spiro atoms. The summed E-state index contributed by atoms with van der Waals surface area (Å²) < 4.78 is 18.3. The lowest BCUT2D eigenvalue weighted by Gasteiger charge is -2.24. The van der Waals surface area contributed by atoms with Crippen LogP contribution in [0.4, 0.5) is 9.59 Å². The fourth-order valence-corrected chi connectivity index (χ4v) is 1.16. The molecule has 0 aliphatic carbocycles. The maximum atomic E-state index is 11.5. The summed E-state index contributed by atoms with van der Waals surface area (Å²) in [6, 6.07) is 0. The Bertz CT molecular complexity index is 396. The van der Waals surface area contributed by atoms with E-state index in [1.807, 2.05) is 20.8 Å². The smallest absolute Gasteiger partial charge is 0.463 e. The van der Waals surface area contributed by atoms with Crippen molar-refractivity contribution in [3.63, 3.8) is 0 Å². The molecule has 0 radical (unpaired) electrons. The Morgan fingerprint density at radius 2 is 1.74 bits per heavy atom. The van der Waals surface area contributed by atoms with Crippen molar-refractivity contribution in [1.29, 1.82) is 0 Å². The Balaban J connectivity index is 3.81. The molecule has 0 bridgehead atoms. The highest BCUT2D eigenvalue weighted by Gasteiger charge is 2.19. The van der Waals surface area contributed by atoms with E-state index in [1.54, 1.807) is 0 Å². The van der Waals surface area contributed by atoms with E-state index in [-0.39, 0.29) is 26.2 Å². The molecule has 2 N–H and O–H groups in total. The highest BCUT2D eigenvalue weighted by molar-refractivity contribution is 5.70. The fourth-order valence-electron chi connectivity index (χ4n) is 1.16. The van der Waals surface area contributed by atoms with E-state index >= 15 is 0 Å². The van der Waals surface area contributed by atoms with Crippen LogP contribution in [0.1, 0.15) is 33.6 Å². The van der Waals surface area contributed by atoms with Crippen molar-refractivity contribution in [2.75, 3.05) is 26.9 Å². The van der Waals surface area contributed by atoms with E-state index in [9.17, 15) is 19.5 Å². The van der Waals surface area contributed by atoms with Crippen LogP contribution in [0.2, 0.25) is 0 Å². The number of amides is 1. The Hall–Kier alpha value is -2.03. The number of rotatable bonds is 9. The maximum Gasteiger partial charge on any atom is 0.507 e. The molecule has 1 atom stereocenters. The van der Waals surface area contributed by atoms with Crippen LogP contribution >= 0.6 is 0 Å². The zero-order chi connectivity index (χ0) is 17.9. The number of alkyl carbamates (subject to hydrolysis) is 1. The third-order valence-corrected chi connectivity index (χ3v) is 2.86. The Morgan fingerprint density at radius 1 is 1.13 bits per heavy atom. The van der Waals surface area contributed by atoms with Gasteiger partial charge in [-0.15, -0.1) is 0 Å². The zero-order valence-electron chi connectivity index (χ0n) is 13.9. The van der Waals surface area contributed by atoms with Crippen LogP contribution in [-0.2, 0) is 23.7 Å². The fraction of sp³-hybridized carbons (Fsp3) is 0.786. The first-order chi connectivity index (χ1) is 10.7. The lowest BCUT2D eigenvalue weighted by molar-refractivity contribution is -0.148. The molecule has 0 aromatic carbocycles.